The van der Waals surface area contributed by atoms with Gasteiger partial charge in [-0.1, -0.05) is 0 Å². The number of rotatable bonds is 5. The molecule has 0 spiro atoms. The highest BCUT2D eigenvalue weighted by Gasteiger charge is 2.32. The molecule has 1 amide bonds. The molecule has 2 aliphatic rings. The van der Waals surface area contributed by atoms with E-state index in [0.29, 0.717) is 47.4 Å². The molecular formula is C24H28F3N7O2. The lowest BCUT2D eigenvalue weighted by Crippen LogP contribution is -2.57. The van der Waals surface area contributed by atoms with Gasteiger partial charge in [-0.05, 0) is 37.6 Å². The van der Waals surface area contributed by atoms with E-state index in [-0.39, 0.29) is 11.6 Å². The normalized spacial score (nSPS) is 18.3. The van der Waals surface area contributed by atoms with Gasteiger partial charge in [0.15, 0.2) is 11.5 Å². The number of carbonyl (C=O) groups is 1. The number of benzene rings is 1. The number of carbonyl (C=O) groups excluding carboxylic acids is 1. The van der Waals surface area contributed by atoms with Crippen LogP contribution < -0.4 is 11.1 Å². The molecule has 2 fully saturated rings. The molecule has 12 heteroatoms. The lowest BCUT2D eigenvalue weighted by molar-refractivity contribution is -0.137. The predicted molar refractivity (Wildman–Crippen MR) is 128 cm³/mol. The zero-order valence-electron chi connectivity index (χ0n) is 20.0. The number of piperazine rings is 1. The van der Waals surface area contributed by atoms with Gasteiger partial charge in [-0.15, -0.1) is 0 Å². The first kappa shape index (κ1) is 24.3. The predicted octanol–water partition coefficient (Wildman–Crippen LogP) is 2.97. The van der Waals surface area contributed by atoms with Crippen molar-refractivity contribution in [2.45, 2.75) is 32.1 Å². The Labute approximate surface area is 206 Å². The van der Waals surface area contributed by atoms with Gasteiger partial charge in [0.1, 0.15) is 5.52 Å². The topological polar surface area (TPSA) is 101 Å². The molecule has 0 saturated carbocycles. The summed E-state index contributed by atoms with van der Waals surface area (Å²) in [5.41, 5.74) is 6.81. The van der Waals surface area contributed by atoms with Crippen LogP contribution in [0.25, 0.3) is 5.52 Å². The second-order valence-electron chi connectivity index (χ2n) is 9.36. The van der Waals surface area contributed by atoms with E-state index in [4.69, 9.17) is 10.5 Å². The standard InChI is InChI=1S/C24H28F3N7O2/c1-14-11-34-21(10-20(31-34)23(35)33-5-3-32(4-6-33)19-12-36-13-19)22(29-14)30-15(2)16-7-17(24(25,26)27)9-18(28)8-16/h7-11,15,19H,3-6,12-13,28H2,1-2H3,(H,29,30)/t15-/m1/s1. The second kappa shape index (κ2) is 9.25. The van der Waals surface area contributed by atoms with Crippen LogP contribution in [0.3, 0.4) is 0 Å². The zero-order valence-corrected chi connectivity index (χ0v) is 20.0. The minimum absolute atomic E-state index is 0.0259. The van der Waals surface area contributed by atoms with E-state index in [1.54, 1.807) is 35.5 Å². The van der Waals surface area contributed by atoms with E-state index < -0.39 is 17.8 Å². The van der Waals surface area contributed by atoms with Gasteiger partial charge in [-0.25, -0.2) is 9.50 Å². The molecule has 0 unspecified atom stereocenters. The smallest absolute Gasteiger partial charge is 0.399 e. The molecule has 9 nitrogen and oxygen atoms in total. The zero-order chi connectivity index (χ0) is 25.6. The van der Waals surface area contributed by atoms with Gasteiger partial charge in [0.05, 0.1) is 42.8 Å². The van der Waals surface area contributed by atoms with Crippen molar-refractivity contribution in [1.82, 2.24) is 24.4 Å². The third kappa shape index (κ3) is 4.82. The fraction of sp³-hybridized carbons (Fsp3) is 0.458. The number of halogens is 3. The van der Waals surface area contributed by atoms with Gasteiger partial charge >= 0.3 is 6.18 Å². The molecule has 1 aromatic carbocycles. The first-order chi connectivity index (χ1) is 17.1. The van der Waals surface area contributed by atoms with Crippen molar-refractivity contribution in [3.63, 3.8) is 0 Å². The van der Waals surface area contributed by atoms with Crippen LogP contribution in [0.4, 0.5) is 24.7 Å². The maximum atomic E-state index is 13.3. The number of hydrogen-bond acceptors (Lipinski definition) is 7. The number of nitrogen functional groups attached to an aromatic ring is 1. The molecule has 0 aliphatic carbocycles. The molecule has 4 heterocycles. The van der Waals surface area contributed by atoms with E-state index in [2.05, 4.69) is 20.3 Å². The Bertz CT molecular complexity index is 1280. The third-order valence-corrected chi connectivity index (χ3v) is 6.69. The molecule has 1 atom stereocenters. The summed E-state index contributed by atoms with van der Waals surface area (Å²) in [6.45, 7) is 7.80. The van der Waals surface area contributed by atoms with Gasteiger partial charge in [0.25, 0.3) is 5.91 Å². The lowest BCUT2D eigenvalue weighted by atomic mass is 10.0. The summed E-state index contributed by atoms with van der Waals surface area (Å²) in [5.74, 6) is 0.255. The number of aryl methyl sites for hydroxylation is 1. The number of fused-ring (bicyclic) bond motifs is 1. The van der Waals surface area contributed by atoms with Gasteiger partial charge in [-0.3, -0.25) is 9.69 Å². The molecule has 3 aromatic rings. The van der Waals surface area contributed by atoms with Crippen molar-refractivity contribution in [3.05, 3.63) is 53.0 Å². The highest BCUT2D eigenvalue weighted by atomic mass is 19.4. The number of ether oxygens (including phenoxy) is 1. The number of aromatic nitrogens is 3. The van der Waals surface area contributed by atoms with E-state index in [1.165, 1.54) is 6.07 Å². The van der Waals surface area contributed by atoms with Crippen molar-refractivity contribution >= 4 is 22.9 Å². The highest BCUT2D eigenvalue weighted by molar-refractivity contribution is 5.94. The molecule has 192 valence electrons. The fourth-order valence-electron chi connectivity index (χ4n) is 4.58. The number of hydrogen-bond donors (Lipinski definition) is 2. The van der Waals surface area contributed by atoms with Crippen molar-refractivity contribution in [2.24, 2.45) is 0 Å². The SMILES string of the molecule is Cc1cn2nc(C(=O)N3CCN(C4COC4)CC3)cc2c(N[C@H](C)c2cc(N)cc(C(F)(F)F)c2)n1. The summed E-state index contributed by atoms with van der Waals surface area (Å²) >= 11 is 0. The first-order valence-electron chi connectivity index (χ1n) is 11.8. The number of nitrogens with one attached hydrogen (secondary N) is 1. The lowest BCUT2D eigenvalue weighted by Gasteiger charge is -2.42. The van der Waals surface area contributed by atoms with Gasteiger partial charge in [-0.2, -0.15) is 18.3 Å². The second-order valence-corrected chi connectivity index (χ2v) is 9.36. The summed E-state index contributed by atoms with van der Waals surface area (Å²) in [6.07, 6.45) is -2.80. The van der Waals surface area contributed by atoms with Crippen LogP contribution in [0.15, 0.2) is 30.5 Å². The summed E-state index contributed by atoms with van der Waals surface area (Å²) in [7, 11) is 0. The molecule has 3 N–H and O–H groups in total. The molecule has 5 rings (SSSR count). The average molecular weight is 504 g/mol. The van der Waals surface area contributed by atoms with Gasteiger partial charge < -0.3 is 20.7 Å². The first-order valence-corrected chi connectivity index (χ1v) is 11.8. The average Bonchev–Trinajstić information content (AvgIpc) is 3.21. The molecule has 36 heavy (non-hydrogen) atoms. The quantitative estimate of drug-likeness (QED) is 0.517. The van der Waals surface area contributed by atoms with Gasteiger partial charge in [0, 0.05) is 37.9 Å². The van der Waals surface area contributed by atoms with Crippen LogP contribution in [-0.2, 0) is 10.9 Å². The maximum absolute atomic E-state index is 13.3. The van der Waals surface area contributed by atoms with Gasteiger partial charge in [0.2, 0.25) is 0 Å². The minimum atomic E-state index is -4.50. The van der Waals surface area contributed by atoms with Crippen LogP contribution in [0, 0.1) is 6.92 Å². The van der Waals surface area contributed by atoms with Crippen LogP contribution in [0.2, 0.25) is 0 Å². The summed E-state index contributed by atoms with van der Waals surface area (Å²) in [4.78, 5) is 21.8. The van der Waals surface area contributed by atoms with Crippen LogP contribution in [-0.4, -0.2) is 75.7 Å². The van der Waals surface area contributed by atoms with E-state index >= 15 is 0 Å². The Morgan fingerprint density at radius 3 is 2.53 bits per heavy atom. The molecule has 0 radical (unpaired) electrons. The Hall–Kier alpha value is -3.38. The van der Waals surface area contributed by atoms with E-state index in [9.17, 15) is 18.0 Å². The van der Waals surface area contributed by atoms with E-state index in [1.807, 2.05) is 0 Å². The number of anilines is 2. The maximum Gasteiger partial charge on any atom is 0.416 e. The summed E-state index contributed by atoms with van der Waals surface area (Å²) in [6, 6.07) is 5.05. The van der Waals surface area contributed by atoms with E-state index in [0.717, 1.165) is 38.4 Å². The number of alkyl halides is 3. The molecule has 0 bridgehead atoms. The van der Waals surface area contributed by atoms with Crippen molar-refractivity contribution in [3.8, 4) is 0 Å². The van der Waals surface area contributed by atoms with Crippen molar-refractivity contribution < 1.29 is 22.7 Å². The van der Waals surface area contributed by atoms with Crippen molar-refractivity contribution in [1.29, 1.82) is 0 Å². The number of nitrogens with two attached hydrogens (primary N) is 1. The Kier molecular flexibility index (Phi) is 6.25. The van der Waals surface area contributed by atoms with Crippen LogP contribution >= 0.6 is 0 Å². The Balaban J connectivity index is 1.36. The van der Waals surface area contributed by atoms with Crippen LogP contribution in [0.5, 0.6) is 0 Å². The number of nitrogens with zero attached hydrogens (tertiary/aromatic N) is 5. The highest BCUT2D eigenvalue weighted by Crippen LogP contribution is 2.33. The Morgan fingerprint density at radius 2 is 1.89 bits per heavy atom. The molecule has 2 aliphatic heterocycles. The minimum Gasteiger partial charge on any atom is -0.399 e. The molecule has 2 saturated heterocycles. The largest absolute Gasteiger partial charge is 0.416 e. The van der Waals surface area contributed by atoms with Crippen molar-refractivity contribution in [2.75, 3.05) is 50.4 Å². The monoisotopic (exact) mass is 503 g/mol. The molecule has 2 aromatic heterocycles. The third-order valence-electron chi connectivity index (χ3n) is 6.69. The molecular weight excluding hydrogens is 475 g/mol. The summed E-state index contributed by atoms with van der Waals surface area (Å²) in [5, 5.41) is 7.65. The Morgan fingerprint density at radius 1 is 1.17 bits per heavy atom. The fourth-order valence-corrected chi connectivity index (χ4v) is 4.58. The van der Waals surface area contributed by atoms with Crippen LogP contribution in [0.1, 0.15) is 40.3 Å². The number of amides is 1. The summed E-state index contributed by atoms with van der Waals surface area (Å²) < 4.78 is 46.6.